The van der Waals surface area contributed by atoms with E-state index in [1.54, 1.807) is 0 Å². The summed E-state index contributed by atoms with van der Waals surface area (Å²) >= 11 is -3.93. The van der Waals surface area contributed by atoms with Crippen LogP contribution in [0.4, 0.5) is 0 Å². The molecule has 0 bridgehead atoms. The molecule has 0 aliphatic carbocycles. The maximum absolute atomic E-state index is 11.3. The van der Waals surface area contributed by atoms with Crippen molar-refractivity contribution in [1.29, 1.82) is 0 Å². The van der Waals surface area contributed by atoms with Gasteiger partial charge in [-0.15, -0.1) is 0 Å². The van der Waals surface area contributed by atoms with E-state index in [9.17, 15) is 17.5 Å². The summed E-state index contributed by atoms with van der Waals surface area (Å²) in [6, 6.07) is 0. The minimum Gasteiger partial charge on any atom is -0.772 e. The third kappa shape index (κ3) is 10.3. The van der Waals surface area contributed by atoms with Gasteiger partial charge in [-0.2, -0.15) is 0 Å². The predicted molar refractivity (Wildman–Crippen MR) is 101 cm³/mol. The molecule has 6 heteroatoms. The van der Waals surface area contributed by atoms with Crippen molar-refractivity contribution < 1.29 is 17.5 Å². The van der Waals surface area contributed by atoms with Crippen molar-refractivity contribution >= 4 is 22.2 Å². The van der Waals surface area contributed by atoms with Crippen molar-refractivity contribution in [2.75, 3.05) is 0 Å². The summed E-state index contributed by atoms with van der Waals surface area (Å²) < 4.78 is 45.0. The van der Waals surface area contributed by atoms with Gasteiger partial charge in [-0.25, -0.2) is 0 Å². The molecular formula is C18H36O4S2-2. The maximum atomic E-state index is 11.3. The van der Waals surface area contributed by atoms with Gasteiger partial charge in [0.15, 0.2) is 0 Å². The van der Waals surface area contributed by atoms with Gasteiger partial charge in [0.2, 0.25) is 0 Å². The van der Waals surface area contributed by atoms with Gasteiger partial charge in [0.25, 0.3) is 0 Å². The topological polar surface area (TPSA) is 80.3 Å². The Kier molecular flexibility index (Phi) is 14.5. The smallest absolute Gasteiger partial charge is 0.0241 e. The quantitative estimate of drug-likeness (QED) is 0.305. The number of rotatable bonds is 15. The molecule has 6 atom stereocenters. The van der Waals surface area contributed by atoms with Crippen molar-refractivity contribution in [3.05, 3.63) is 0 Å². The number of hydrogen-bond acceptors (Lipinski definition) is 4. The van der Waals surface area contributed by atoms with E-state index in [1.165, 1.54) is 0 Å². The van der Waals surface area contributed by atoms with Crippen LogP contribution in [0, 0.1) is 11.8 Å². The van der Waals surface area contributed by atoms with Crippen molar-refractivity contribution in [3.8, 4) is 0 Å². The Morgan fingerprint density at radius 1 is 0.667 bits per heavy atom. The van der Waals surface area contributed by atoms with E-state index in [1.807, 2.05) is 27.7 Å². The predicted octanol–water partition coefficient (Wildman–Crippen LogP) is 4.69. The first kappa shape index (κ1) is 24.2. The normalized spacial score (nSPS) is 19.4. The lowest BCUT2D eigenvalue weighted by Crippen LogP contribution is -2.23. The summed E-state index contributed by atoms with van der Waals surface area (Å²) in [6.07, 6.45) is 9.58. The molecule has 6 unspecified atom stereocenters. The Morgan fingerprint density at radius 2 is 0.958 bits per heavy atom. The molecule has 0 aromatic rings. The summed E-state index contributed by atoms with van der Waals surface area (Å²) in [5, 5.41) is -0.420. The van der Waals surface area contributed by atoms with Crippen LogP contribution in [0.15, 0.2) is 0 Å². The first-order valence-electron chi connectivity index (χ1n) is 9.51. The molecule has 0 aliphatic heterocycles. The summed E-state index contributed by atoms with van der Waals surface area (Å²) in [5.74, 6) is 0.461. The van der Waals surface area contributed by atoms with Crippen LogP contribution in [-0.4, -0.2) is 28.0 Å². The Hall–Kier alpha value is 0.220. The average molecular weight is 381 g/mol. The molecule has 0 fully saturated rings. The fourth-order valence-electron chi connectivity index (χ4n) is 3.06. The first-order valence-corrected chi connectivity index (χ1v) is 11.8. The molecule has 0 N–H and O–H groups in total. The Labute approximate surface area is 154 Å². The summed E-state index contributed by atoms with van der Waals surface area (Å²) in [7, 11) is 0. The van der Waals surface area contributed by atoms with Gasteiger partial charge in [-0.05, 0) is 24.7 Å². The van der Waals surface area contributed by atoms with E-state index in [2.05, 4.69) is 0 Å². The van der Waals surface area contributed by atoms with Crippen LogP contribution in [-0.2, 0) is 22.2 Å². The second-order valence-electron chi connectivity index (χ2n) is 7.07. The number of unbranched alkanes of at least 4 members (excludes halogenated alkanes) is 5. The van der Waals surface area contributed by atoms with Gasteiger partial charge in [-0.1, -0.05) is 101 Å². The maximum Gasteiger partial charge on any atom is 0.0241 e. The van der Waals surface area contributed by atoms with Gasteiger partial charge >= 0.3 is 0 Å². The van der Waals surface area contributed by atoms with E-state index in [-0.39, 0.29) is 22.3 Å². The highest BCUT2D eigenvalue weighted by molar-refractivity contribution is 7.80. The standard InChI is InChI=1S/C18H38O4S2/c1-5-15(3)17(23(19)20)13-11-9-7-8-10-12-14-18(24(21)22)16(4)6-2/h15-18H,5-14H2,1-4H3,(H,19,20)(H,21,22)/p-2. The molecular weight excluding hydrogens is 344 g/mol. The molecule has 0 spiro atoms. The number of hydrogen-bond donors (Lipinski definition) is 0. The van der Waals surface area contributed by atoms with E-state index in [4.69, 9.17) is 0 Å². The third-order valence-corrected chi connectivity index (χ3v) is 7.67. The lowest BCUT2D eigenvalue weighted by Gasteiger charge is -2.25. The highest BCUT2D eigenvalue weighted by Crippen LogP contribution is 2.21. The Morgan fingerprint density at radius 3 is 1.21 bits per heavy atom. The molecule has 0 rings (SSSR count). The molecule has 0 radical (unpaired) electrons. The van der Waals surface area contributed by atoms with Gasteiger partial charge in [-0.3, -0.25) is 8.42 Å². The van der Waals surface area contributed by atoms with Crippen LogP contribution in [0.2, 0.25) is 0 Å². The lowest BCUT2D eigenvalue weighted by molar-refractivity contribution is 0.429. The summed E-state index contributed by atoms with van der Waals surface area (Å²) in [6.45, 7) is 8.08. The van der Waals surface area contributed by atoms with Crippen molar-refractivity contribution in [3.63, 3.8) is 0 Å². The first-order chi connectivity index (χ1) is 11.3. The van der Waals surface area contributed by atoms with Gasteiger partial charge in [0, 0.05) is 10.5 Å². The van der Waals surface area contributed by atoms with Gasteiger partial charge in [0.05, 0.1) is 0 Å². The van der Waals surface area contributed by atoms with Crippen LogP contribution in [0.3, 0.4) is 0 Å². The van der Waals surface area contributed by atoms with E-state index < -0.39 is 22.2 Å². The second kappa shape index (κ2) is 14.4. The largest absolute Gasteiger partial charge is 0.772 e. The minimum atomic E-state index is -1.97. The fraction of sp³-hybridized carbons (Fsp3) is 1.00. The van der Waals surface area contributed by atoms with Crippen LogP contribution >= 0.6 is 0 Å². The molecule has 0 saturated carbocycles. The molecule has 24 heavy (non-hydrogen) atoms. The van der Waals surface area contributed by atoms with Crippen molar-refractivity contribution in [2.45, 2.75) is 102 Å². The molecule has 0 aromatic heterocycles. The molecule has 0 saturated heterocycles. The summed E-state index contributed by atoms with van der Waals surface area (Å²) in [5.41, 5.74) is 0. The van der Waals surface area contributed by atoms with Crippen LogP contribution < -0.4 is 0 Å². The Balaban J connectivity index is 3.80. The highest BCUT2D eigenvalue weighted by Gasteiger charge is 2.17. The lowest BCUT2D eigenvalue weighted by atomic mass is 9.97. The minimum absolute atomic E-state index is 0.210. The molecule has 0 amide bonds. The van der Waals surface area contributed by atoms with Crippen LogP contribution in [0.1, 0.15) is 91.9 Å². The average Bonchev–Trinajstić information content (AvgIpc) is 2.54. The highest BCUT2D eigenvalue weighted by atomic mass is 32.2. The zero-order valence-corrected chi connectivity index (χ0v) is 17.5. The monoisotopic (exact) mass is 380 g/mol. The molecule has 4 nitrogen and oxygen atoms in total. The fourth-order valence-corrected chi connectivity index (χ4v) is 4.93. The van der Waals surface area contributed by atoms with E-state index in [0.717, 1.165) is 64.2 Å². The van der Waals surface area contributed by atoms with Crippen LogP contribution in [0.5, 0.6) is 0 Å². The zero-order chi connectivity index (χ0) is 18.5. The molecule has 146 valence electrons. The SMILES string of the molecule is CCC(C)C(CCCCCCCCC(C(C)CC)S(=O)[O-])S(=O)[O-]. The molecule has 0 heterocycles. The molecule has 0 aromatic carbocycles. The molecule has 0 aliphatic rings. The van der Waals surface area contributed by atoms with Gasteiger partial charge in [0.1, 0.15) is 0 Å². The van der Waals surface area contributed by atoms with E-state index >= 15 is 0 Å². The van der Waals surface area contributed by atoms with Crippen molar-refractivity contribution in [1.82, 2.24) is 0 Å². The zero-order valence-electron chi connectivity index (χ0n) is 15.8. The van der Waals surface area contributed by atoms with Gasteiger partial charge < -0.3 is 9.11 Å². The van der Waals surface area contributed by atoms with Crippen LogP contribution in [0.25, 0.3) is 0 Å². The second-order valence-corrected chi connectivity index (χ2v) is 9.32. The third-order valence-electron chi connectivity index (χ3n) is 5.28. The van der Waals surface area contributed by atoms with Crippen molar-refractivity contribution in [2.24, 2.45) is 11.8 Å². The Bertz CT molecular complexity index is 329. The van der Waals surface area contributed by atoms with E-state index in [0.29, 0.717) is 0 Å². The summed E-state index contributed by atoms with van der Waals surface area (Å²) in [4.78, 5) is 0.